The number of benzene rings is 3. The minimum absolute atomic E-state index is 0.142. The molecule has 1 N–H and O–H groups in total. The molecule has 0 aliphatic carbocycles. The monoisotopic (exact) mass is 569 g/mol. The van der Waals surface area contributed by atoms with Crippen molar-refractivity contribution in [2.24, 2.45) is 0 Å². The Hall–Kier alpha value is -4.56. The van der Waals surface area contributed by atoms with Crippen molar-refractivity contribution >= 4 is 17.3 Å². The number of nitrogens with zero attached hydrogens (tertiary/aromatic N) is 1. The number of carboxylic acid groups (broad SMARTS) is 1. The van der Waals surface area contributed by atoms with E-state index in [2.05, 4.69) is 23.6 Å². The third kappa shape index (κ3) is 6.61. The molecule has 0 aliphatic heterocycles. The van der Waals surface area contributed by atoms with Gasteiger partial charge in [-0.05, 0) is 72.8 Å². The van der Waals surface area contributed by atoms with Gasteiger partial charge in [0.1, 0.15) is 11.5 Å². The van der Waals surface area contributed by atoms with E-state index < -0.39 is 11.6 Å². The number of methoxy groups -OCH3 is 1. The van der Waals surface area contributed by atoms with Gasteiger partial charge in [0.15, 0.2) is 11.5 Å². The molecule has 2 heterocycles. The number of carboxylic acids is 1. The lowest BCUT2D eigenvalue weighted by Crippen LogP contribution is -2.43. The molecule has 41 heavy (non-hydrogen) atoms. The van der Waals surface area contributed by atoms with Crippen molar-refractivity contribution in [2.45, 2.75) is 32.3 Å². The summed E-state index contributed by atoms with van der Waals surface area (Å²) in [6.45, 7) is 3.83. The van der Waals surface area contributed by atoms with Crippen molar-refractivity contribution < 1.29 is 28.5 Å². The second-order valence-corrected chi connectivity index (χ2v) is 10.7. The van der Waals surface area contributed by atoms with Gasteiger partial charge < -0.3 is 23.7 Å². The van der Waals surface area contributed by atoms with Crippen molar-refractivity contribution in [3.8, 4) is 39.1 Å². The summed E-state index contributed by atoms with van der Waals surface area (Å²) in [7, 11) is 1.56. The first-order valence-corrected chi connectivity index (χ1v) is 14.1. The van der Waals surface area contributed by atoms with Crippen LogP contribution in [0.3, 0.4) is 0 Å². The fraction of sp³-hybridized carbons (Fsp3) is 0.212. The molecule has 210 valence electrons. The standard InChI is InChI=1S/C33H31NO6S/c1-22-27(34-31(39-22)25-14-12-24(13-15-25)30-10-7-19-41-30)17-18-38-28-16-11-23(20-29(28)37-3)21-33(2,32(35)36)40-26-8-5-4-6-9-26/h4-16,19-20H,17-18,21H2,1-3H3,(H,35,36). The highest BCUT2D eigenvalue weighted by Gasteiger charge is 2.36. The molecule has 2 aromatic heterocycles. The first-order chi connectivity index (χ1) is 19.8. The highest BCUT2D eigenvalue weighted by atomic mass is 32.1. The topological polar surface area (TPSA) is 91.0 Å². The van der Waals surface area contributed by atoms with Gasteiger partial charge in [0.2, 0.25) is 11.5 Å². The van der Waals surface area contributed by atoms with E-state index >= 15 is 0 Å². The van der Waals surface area contributed by atoms with Gasteiger partial charge in [-0.1, -0.05) is 42.5 Å². The van der Waals surface area contributed by atoms with Crippen molar-refractivity contribution in [3.05, 3.63) is 107 Å². The second kappa shape index (κ2) is 12.3. The van der Waals surface area contributed by atoms with Crippen LogP contribution < -0.4 is 14.2 Å². The van der Waals surface area contributed by atoms with Crippen LogP contribution in [-0.2, 0) is 17.6 Å². The van der Waals surface area contributed by atoms with Gasteiger partial charge in [-0.25, -0.2) is 9.78 Å². The van der Waals surface area contributed by atoms with E-state index in [9.17, 15) is 9.90 Å². The molecule has 0 amide bonds. The molecule has 5 rings (SSSR count). The van der Waals surface area contributed by atoms with Gasteiger partial charge in [-0.3, -0.25) is 0 Å². The van der Waals surface area contributed by atoms with Crippen molar-refractivity contribution in [1.82, 2.24) is 4.98 Å². The van der Waals surface area contributed by atoms with Gasteiger partial charge >= 0.3 is 5.97 Å². The number of thiophene rings is 1. The maximum absolute atomic E-state index is 12.1. The van der Waals surface area contributed by atoms with Crippen LogP contribution in [0.5, 0.6) is 17.2 Å². The predicted octanol–water partition coefficient (Wildman–Crippen LogP) is 7.47. The number of oxazole rings is 1. The quantitative estimate of drug-likeness (QED) is 0.167. The van der Waals surface area contributed by atoms with Crippen LogP contribution in [0.1, 0.15) is 23.9 Å². The fourth-order valence-corrected chi connectivity index (χ4v) is 5.23. The third-order valence-electron chi connectivity index (χ3n) is 6.73. The molecule has 3 aromatic carbocycles. The molecular weight excluding hydrogens is 538 g/mol. The lowest BCUT2D eigenvalue weighted by atomic mass is 9.96. The van der Waals surface area contributed by atoms with Crippen LogP contribution in [0.25, 0.3) is 21.9 Å². The van der Waals surface area contributed by atoms with Gasteiger partial charge in [0.05, 0.1) is 19.4 Å². The van der Waals surface area contributed by atoms with Gasteiger partial charge in [0.25, 0.3) is 0 Å². The summed E-state index contributed by atoms with van der Waals surface area (Å²) in [5, 5.41) is 12.0. The van der Waals surface area contributed by atoms with Crippen LogP contribution in [-0.4, -0.2) is 35.4 Å². The summed E-state index contributed by atoms with van der Waals surface area (Å²) in [5.74, 6) is 1.84. The summed E-state index contributed by atoms with van der Waals surface area (Å²) < 4.78 is 23.4. The van der Waals surface area contributed by atoms with Gasteiger partial charge in [-0.15, -0.1) is 11.3 Å². The molecule has 7 nitrogen and oxygen atoms in total. The molecule has 0 bridgehead atoms. The number of ether oxygens (including phenoxy) is 3. The number of aromatic nitrogens is 1. The minimum atomic E-state index is -1.46. The zero-order chi connectivity index (χ0) is 28.8. The normalized spacial score (nSPS) is 12.5. The van der Waals surface area contributed by atoms with E-state index in [1.807, 2.05) is 37.3 Å². The number of hydrogen-bond donors (Lipinski definition) is 1. The molecule has 0 spiro atoms. The van der Waals surface area contributed by atoms with E-state index in [-0.39, 0.29) is 6.42 Å². The highest BCUT2D eigenvalue weighted by molar-refractivity contribution is 7.13. The molecule has 0 saturated heterocycles. The SMILES string of the molecule is COc1cc(CC(C)(Oc2ccccc2)C(=O)O)ccc1OCCc1nc(-c2ccc(-c3cccs3)cc2)oc1C. The van der Waals surface area contributed by atoms with E-state index in [4.69, 9.17) is 23.6 Å². The molecule has 5 aromatic rings. The zero-order valence-corrected chi connectivity index (χ0v) is 23.9. The maximum atomic E-state index is 12.1. The van der Waals surface area contributed by atoms with Crippen LogP contribution in [0.4, 0.5) is 0 Å². The van der Waals surface area contributed by atoms with Crippen molar-refractivity contribution in [2.75, 3.05) is 13.7 Å². The molecule has 0 saturated carbocycles. The minimum Gasteiger partial charge on any atom is -0.493 e. The molecule has 0 fully saturated rings. The first-order valence-electron chi connectivity index (χ1n) is 13.2. The summed E-state index contributed by atoms with van der Waals surface area (Å²) in [6.07, 6.45) is 0.693. The van der Waals surface area contributed by atoms with E-state index in [1.165, 1.54) is 4.88 Å². The van der Waals surface area contributed by atoms with Crippen LogP contribution in [0, 0.1) is 6.92 Å². The van der Waals surface area contributed by atoms with Gasteiger partial charge in [0, 0.05) is 23.3 Å². The summed E-state index contributed by atoms with van der Waals surface area (Å²) >= 11 is 1.71. The molecular formula is C33H31NO6S. The van der Waals surface area contributed by atoms with E-state index in [0.717, 1.165) is 28.1 Å². The second-order valence-electron chi connectivity index (χ2n) is 9.79. The summed E-state index contributed by atoms with van der Waals surface area (Å²) in [5.41, 5.74) is 2.20. The molecule has 0 radical (unpaired) electrons. The van der Waals surface area contributed by atoms with Crippen LogP contribution >= 0.6 is 11.3 Å². The Morgan fingerprint density at radius 3 is 2.41 bits per heavy atom. The fourth-order valence-electron chi connectivity index (χ4n) is 4.50. The van der Waals surface area contributed by atoms with Crippen LogP contribution in [0.2, 0.25) is 0 Å². The summed E-state index contributed by atoms with van der Waals surface area (Å²) in [4.78, 5) is 18.0. The molecule has 1 atom stereocenters. The smallest absolute Gasteiger partial charge is 0.348 e. The lowest BCUT2D eigenvalue weighted by molar-refractivity contribution is -0.153. The van der Waals surface area contributed by atoms with Crippen molar-refractivity contribution in [3.63, 3.8) is 0 Å². The molecule has 8 heteroatoms. The lowest BCUT2D eigenvalue weighted by Gasteiger charge is -2.27. The Balaban J connectivity index is 1.22. The average Bonchev–Trinajstić information content (AvgIpc) is 3.65. The largest absolute Gasteiger partial charge is 0.493 e. The Bertz CT molecular complexity index is 1600. The van der Waals surface area contributed by atoms with Crippen molar-refractivity contribution in [1.29, 1.82) is 0 Å². The average molecular weight is 570 g/mol. The van der Waals surface area contributed by atoms with E-state index in [1.54, 1.807) is 61.8 Å². The molecule has 1 unspecified atom stereocenters. The number of para-hydroxylation sites is 1. The number of hydrogen-bond acceptors (Lipinski definition) is 7. The van der Waals surface area contributed by atoms with Gasteiger partial charge in [-0.2, -0.15) is 0 Å². The Morgan fingerprint density at radius 2 is 1.73 bits per heavy atom. The molecule has 0 aliphatic rings. The Labute approximate surface area is 243 Å². The predicted molar refractivity (Wildman–Crippen MR) is 159 cm³/mol. The maximum Gasteiger partial charge on any atom is 0.348 e. The first kappa shape index (κ1) is 28.0. The summed E-state index contributed by atoms with van der Waals surface area (Å²) in [6, 6.07) is 26.7. The number of carbonyl (C=O) groups is 1. The number of rotatable bonds is 12. The highest BCUT2D eigenvalue weighted by Crippen LogP contribution is 2.32. The van der Waals surface area contributed by atoms with E-state index in [0.29, 0.717) is 36.2 Å². The number of aliphatic carboxylic acids is 1. The Kier molecular flexibility index (Phi) is 8.40. The van der Waals surface area contributed by atoms with Crippen LogP contribution in [0.15, 0.2) is 94.7 Å². The number of aryl methyl sites for hydroxylation is 1. The zero-order valence-electron chi connectivity index (χ0n) is 23.1. The Morgan fingerprint density at radius 1 is 0.976 bits per heavy atom. The third-order valence-corrected chi connectivity index (χ3v) is 7.65.